The molecule has 1 aromatic carbocycles. The summed E-state index contributed by atoms with van der Waals surface area (Å²) in [5.74, 6) is 0.928. The molecular formula is C13H18N2O. The van der Waals surface area contributed by atoms with Crippen LogP contribution < -0.4 is 10.6 Å². The number of hydrogen-bond acceptors (Lipinski definition) is 3. The van der Waals surface area contributed by atoms with E-state index in [9.17, 15) is 5.11 Å². The van der Waals surface area contributed by atoms with E-state index in [0.29, 0.717) is 11.7 Å². The SMILES string of the molecule is Oc1cccc2c1CNCC2CNC1CC1. The second-order valence-corrected chi connectivity index (χ2v) is 4.86. The van der Waals surface area contributed by atoms with Gasteiger partial charge in [-0.25, -0.2) is 0 Å². The van der Waals surface area contributed by atoms with Gasteiger partial charge in [0.2, 0.25) is 0 Å². The molecular weight excluding hydrogens is 200 g/mol. The lowest BCUT2D eigenvalue weighted by Crippen LogP contribution is -2.35. The molecule has 1 aromatic rings. The Balaban J connectivity index is 1.78. The van der Waals surface area contributed by atoms with Crippen LogP contribution in [0.2, 0.25) is 0 Å². The number of phenols is 1. The Hall–Kier alpha value is -1.06. The highest BCUT2D eigenvalue weighted by Gasteiger charge is 2.25. The topological polar surface area (TPSA) is 44.3 Å². The molecule has 86 valence electrons. The van der Waals surface area contributed by atoms with Crippen LogP contribution in [0.15, 0.2) is 18.2 Å². The summed E-state index contributed by atoms with van der Waals surface area (Å²) in [6.07, 6.45) is 2.65. The molecule has 3 rings (SSSR count). The fourth-order valence-electron chi connectivity index (χ4n) is 2.43. The van der Waals surface area contributed by atoms with E-state index < -0.39 is 0 Å². The van der Waals surface area contributed by atoms with Gasteiger partial charge < -0.3 is 15.7 Å². The Morgan fingerprint density at radius 3 is 3.06 bits per heavy atom. The van der Waals surface area contributed by atoms with Crippen molar-refractivity contribution in [3.05, 3.63) is 29.3 Å². The zero-order valence-electron chi connectivity index (χ0n) is 9.37. The molecule has 0 saturated heterocycles. The smallest absolute Gasteiger partial charge is 0.120 e. The molecule has 1 saturated carbocycles. The first-order valence-electron chi connectivity index (χ1n) is 6.09. The molecule has 3 heteroatoms. The minimum absolute atomic E-state index is 0.432. The van der Waals surface area contributed by atoms with Crippen molar-refractivity contribution in [2.24, 2.45) is 0 Å². The van der Waals surface area contributed by atoms with Crippen molar-refractivity contribution < 1.29 is 5.11 Å². The second kappa shape index (κ2) is 4.07. The van der Waals surface area contributed by atoms with Crippen LogP contribution in [0.4, 0.5) is 0 Å². The first-order chi connectivity index (χ1) is 7.84. The quantitative estimate of drug-likeness (QED) is 0.717. The Morgan fingerprint density at radius 1 is 1.38 bits per heavy atom. The molecule has 0 aromatic heterocycles. The number of fused-ring (bicyclic) bond motifs is 1. The minimum Gasteiger partial charge on any atom is -0.508 e. The van der Waals surface area contributed by atoms with E-state index >= 15 is 0 Å². The lowest BCUT2D eigenvalue weighted by atomic mass is 9.90. The Labute approximate surface area is 95.9 Å². The number of phenolic OH excluding ortho intramolecular Hbond substituents is 1. The van der Waals surface area contributed by atoms with Crippen LogP contribution in [0.25, 0.3) is 0 Å². The molecule has 0 radical (unpaired) electrons. The van der Waals surface area contributed by atoms with Crippen molar-refractivity contribution in [1.29, 1.82) is 0 Å². The molecule has 1 heterocycles. The van der Waals surface area contributed by atoms with E-state index in [1.54, 1.807) is 6.07 Å². The summed E-state index contributed by atoms with van der Waals surface area (Å²) in [6.45, 7) is 2.83. The average Bonchev–Trinajstić information content (AvgIpc) is 3.11. The molecule has 1 aliphatic heterocycles. The maximum Gasteiger partial charge on any atom is 0.120 e. The van der Waals surface area contributed by atoms with E-state index in [1.807, 2.05) is 6.07 Å². The highest BCUT2D eigenvalue weighted by molar-refractivity contribution is 5.42. The summed E-state index contributed by atoms with van der Waals surface area (Å²) in [5, 5.41) is 16.7. The van der Waals surface area contributed by atoms with Gasteiger partial charge >= 0.3 is 0 Å². The number of nitrogens with one attached hydrogen (secondary N) is 2. The summed E-state index contributed by atoms with van der Waals surface area (Å²) >= 11 is 0. The van der Waals surface area contributed by atoms with Crippen molar-refractivity contribution in [2.45, 2.75) is 31.3 Å². The average molecular weight is 218 g/mol. The summed E-state index contributed by atoms with van der Waals surface area (Å²) in [6, 6.07) is 6.62. The van der Waals surface area contributed by atoms with Crippen LogP contribution in [-0.4, -0.2) is 24.2 Å². The molecule has 0 bridgehead atoms. The van der Waals surface area contributed by atoms with Gasteiger partial charge in [0.05, 0.1) is 0 Å². The molecule has 2 aliphatic rings. The molecule has 3 nitrogen and oxygen atoms in total. The van der Waals surface area contributed by atoms with Crippen LogP contribution in [-0.2, 0) is 6.54 Å². The van der Waals surface area contributed by atoms with Gasteiger partial charge in [0, 0.05) is 37.2 Å². The minimum atomic E-state index is 0.432. The Morgan fingerprint density at radius 2 is 2.25 bits per heavy atom. The predicted octanol–water partition coefficient (Wildman–Crippen LogP) is 1.33. The van der Waals surface area contributed by atoms with E-state index in [2.05, 4.69) is 16.7 Å². The van der Waals surface area contributed by atoms with Gasteiger partial charge in [-0.1, -0.05) is 12.1 Å². The number of rotatable bonds is 3. The third kappa shape index (κ3) is 1.93. The maximum atomic E-state index is 9.80. The highest BCUT2D eigenvalue weighted by Crippen LogP contribution is 2.30. The van der Waals surface area contributed by atoms with Crippen molar-refractivity contribution >= 4 is 0 Å². The fraction of sp³-hybridized carbons (Fsp3) is 0.538. The van der Waals surface area contributed by atoms with Crippen LogP contribution in [0.1, 0.15) is 29.9 Å². The van der Waals surface area contributed by atoms with Crippen LogP contribution in [0.3, 0.4) is 0 Å². The van der Waals surface area contributed by atoms with Gasteiger partial charge in [-0.05, 0) is 24.5 Å². The lowest BCUT2D eigenvalue weighted by molar-refractivity contribution is 0.444. The highest BCUT2D eigenvalue weighted by atomic mass is 16.3. The van der Waals surface area contributed by atoms with E-state index in [-0.39, 0.29) is 0 Å². The molecule has 16 heavy (non-hydrogen) atoms. The zero-order valence-corrected chi connectivity index (χ0v) is 9.37. The van der Waals surface area contributed by atoms with Crippen LogP contribution in [0.5, 0.6) is 5.75 Å². The number of aromatic hydroxyl groups is 1. The van der Waals surface area contributed by atoms with Crippen LogP contribution in [0, 0.1) is 0 Å². The standard InChI is InChI=1S/C13H18N2O/c16-13-3-1-2-11-9(6-14-8-12(11)13)7-15-10-4-5-10/h1-3,9-10,14-16H,4-8H2. The molecule has 1 atom stereocenters. The second-order valence-electron chi connectivity index (χ2n) is 4.86. The zero-order chi connectivity index (χ0) is 11.0. The lowest BCUT2D eigenvalue weighted by Gasteiger charge is -2.27. The fourth-order valence-corrected chi connectivity index (χ4v) is 2.43. The first-order valence-corrected chi connectivity index (χ1v) is 6.09. The summed E-state index contributed by atoms with van der Waals surface area (Å²) in [7, 11) is 0. The molecule has 3 N–H and O–H groups in total. The largest absolute Gasteiger partial charge is 0.508 e. The number of benzene rings is 1. The van der Waals surface area contributed by atoms with Gasteiger partial charge in [0.1, 0.15) is 5.75 Å². The normalized spacial score (nSPS) is 24.1. The van der Waals surface area contributed by atoms with Crippen molar-refractivity contribution in [1.82, 2.24) is 10.6 Å². The molecule has 0 spiro atoms. The van der Waals surface area contributed by atoms with Gasteiger partial charge in [-0.2, -0.15) is 0 Å². The third-order valence-corrected chi connectivity index (χ3v) is 3.55. The molecule has 1 fully saturated rings. The van der Waals surface area contributed by atoms with Gasteiger partial charge in [-0.3, -0.25) is 0 Å². The van der Waals surface area contributed by atoms with Crippen molar-refractivity contribution in [2.75, 3.05) is 13.1 Å². The Kier molecular flexibility index (Phi) is 2.58. The van der Waals surface area contributed by atoms with E-state index in [1.165, 1.54) is 18.4 Å². The van der Waals surface area contributed by atoms with Gasteiger partial charge in [0.15, 0.2) is 0 Å². The summed E-state index contributed by atoms with van der Waals surface area (Å²) in [4.78, 5) is 0. The molecule has 0 amide bonds. The predicted molar refractivity (Wildman–Crippen MR) is 63.6 cm³/mol. The maximum absolute atomic E-state index is 9.80. The van der Waals surface area contributed by atoms with Gasteiger partial charge in [-0.15, -0.1) is 0 Å². The van der Waals surface area contributed by atoms with Crippen molar-refractivity contribution in [3.8, 4) is 5.75 Å². The summed E-state index contributed by atoms with van der Waals surface area (Å²) < 4.78 is 0. The molecule has 1 unspecified atom stereocenters. The number of hydrogen-bond donors (Lipinski definition) is 3. The van der Waals surface area contributed by atoms with E-state index in [4.69, 9.17) is 0 Å². The van der Waals surface area contributed by atoms with Gasteiger partial charge in [0.25, 0.3) is 0 Å². The van der Waals surface area contributed by atoms with Crippen LogP contribution >= 0.6 is 0 Å². The Bertz CT molecular complexity index is 388. The monoisotopic (exact) mass is 218 g/mol. The molecule has 1 aliphatic carbocycles. The van der Waals surface area contributed by atoms with E-state index in [0.717, 1.165) is 31.2 Å². The first kappa shape index (κ1) is 10.1. The summed E-state index contributed by atoms with van der Waals surface area (Å²) in [5.41, 5.74) is 2.39. The van der Waals surface area contributed by atoms with Crippen molar-refractivity contribution in [3.63, 3.8) is 0 Å². The third-order valence-electron chi connectivity index (χ3n) is 3.55.